The van der Waals surface area contributed by atoms with Gasteiger partial charge >= 0.3 is 0 Å². The molecule has 5 heteroatoms. The highest BCUT2D eigenvalue weighted by Gasteiger charge is 2.32. The number of amides is 1. The summed E-state index contributed by atoms with van der Waals surface area (Å²) in [5, 5.41) is 3.56. The van der Waals surface area contributed by atoms with Crippen molar-refractivity contribution < 1.29 is 14.3 Å². The van der Waals surface area contributed by atoms with E-state index in [2.05, 4.69) is 17.4 Å². The average molecular weight is 366 g/mol. The minimum absolute atomic E-state index is 0.125. The number of fused-ring (bicyclic) bond motifs is 1. The Morgan fingerprint density at radius 1 is 1.22 bits per heavy atom. The summed E-state index contributed by atoms with van der Waals surface area (Å²) in [5.41, 5.74) is 2.16. The Labute approximate surface area is 160 Å². The molecule has 2 aliphatic heterocycles. The van der Waals surface area contributed by atoms with E-state index in [1.165, 1.54) is 0 Å². The van der Waals surface area contributed by atoms with Crippen LogP contribution in [0.1, 0.15) is 18.4 Å². The molecule has 1 saturated heterocycles. The number of hydrogen-bond acceptors (Lipinski definition) is 4. The van der Waals surface area contributed by atoms with E-state index in [1.807, 2.05) is 41.3 Å². The molecule has 5 nitrogen and oxygen atoms in total. The first kappa shape index (κ1) is 17.7. The maximum Gasteiger partial charge on any atom is 0.229 e. The molecular formula is C22H26N2O3. The number of likely N-dealkylation sites (tertiary alicyclic amines) is 1. The SMILES string of the molecule is COc1ccc2c(c1)CC(C(=O)N1CCCC(Nc3ccccc3)C1)CO2. The molecule has 1 amide bonds. The molecule has 0 radical (unpaired) electrons. The Morgan fingerprint density at radius 3 is 2.89 bits per heavy atom. The van der Waals surface area contributed by atoms with Crippen LogP contribution in [0.5, 0.6) is 11.5 Å². The third kappa shape index (κ3) is 4.02. The first-order valence-corrected chi connectivity index (χ1v) is 9.63. The van der Waals surface area contributed by atoms with Gasteiger partial charge < -0.3 is 19.7 Å². The molecule has 1 N–H and O–H groups in total. The zero-order valence-corrected chi connectivity index (χ0v) is 15.7. The highest BCUT2D eigenvalue weighted by Crippen LogP contribution is 2.31. The van der Waals surface area contributed by atoms with Gasteiger partial charge in [-0.3, -0.25) is 4.79 Å². The van der Waals surface area contributed by atoms with E-state index in [0.717, 1.165) is 48.7 Å². The number of carbonyl (C=O) groups is 1. The Hall–Kier alpha value is -2.69. The fourth-order valence-corrected chi connectivity index (χ4v) is 3.98. The largest absolute Gasteiger partial charge is 0.497 e. The normalized spacial score (nSPS) is 21.7. The number of nitrogens with one attached hydrogen (secondary N) is 1. The summed E-state index contributed by atoms with van der Waals surface area (Å²) in [6.45, 7) is 2.02. The van der Waals surface area contributed by atoms with Gasteiger partial charge in [0.15, 0.2) is 0 Å². The van der Waals surface area contributed by atoms with E-state index in [4.69, 9.17) is 9.47 Å². The van der Waals surface area contributed by atoms with E-state index in [-0.39, 0.29) is 11.8 Å². The summed E-state index contributed by atoms with van der Waals surface area (Å²) < 4.78 is 11.2. The lowest BCUT2D eigenvalue weighted by atomic mass is 9.94. The third-order valence-corrected chi connectivity index (χ3v) is 5.40. The second kappa shape index (κ2) is 7.91. The first-order valence-electron chi connectivity index (χ1n) is 9.63. The van der Waals surface area contributed by atoms with E-state index in [1.54, 1.807) is 7.11 Å². The van der Waals surface area contributed by atoms with Crippen LogP contribution < -0.4 is 14.8 Å². The Kier molecular flexibility index (Phi) is 5.19. The van der Waals surface area contributed by atoms with Crippen molar-refractivity contribution in [2.45, 2.75) is 25.3 Å². The van der Waals surface area contributed by atoms with Crippen molar-refractivity contribution in [1.82, 2.24) is 4.90 Å². The average Bonchev–Trinajstić information content (AvgIpc) is 2.73. The van der Waals surface area contributed by atoms with Gasteiger partial charge in [0, 0.05) is 24.8 Å². The fraction of sp³-hybridized carbons (Fsp3) is 0.409. The number of para-hydroxylation sites is 1. The smallest absolute Gasteiger partial charge is 0.229 e. The van der Waals surface area contributed by atoms with E-state index in [0.29, 0.717) is 19.1 Å². The topological polar surface area (TPSA) is 50.8 Å². The predicted octanol–water partition coefficient (Wildman–Crippen LogP) is 3.35. The molecule has 2 aromatic rings. The zero-order valence-electron chi connectivity index (χ0n) is 15.7. The number of methoxy groups -OCH3 is 1. The Morgan fingerprint density at radius 2 is 2.07 bits per heavy atom. The number of piperidine rings is 1. The maximum absolute atomic E-state index is 13.1. The van der Waals surface area contributed by atoms with Gasteiger partial charge in [-0.25, -0.2) is 0 Å². The molecule has 0 aliphatic carbocycles. The van der Waals surface area contributed by atoms with Crippen molar-refractivity contribution in [3.05, 3.63) is 54.1 Å². The van der Waals surface area contributed by atoms with Crippen LogP contribution in [-0.2, 0) is 11.2 Å². The van der Waals surface area contributed by atoms with Crippen LogP contribution in [0.2, 0.25) is 0 Å². The zero-order chi connectivity index (χ0) is 18.6. The summed E-state index contributed by atoms with van der Waals surface area (Å²) in [7, 11) is 1.65. The van der Waals surface area contributed by atoms with E-state index in [9.17, 15) is 4.79 Å². The predicted molar refractivity (Wildman–Crippen MR) is 105 cm³/mol. The fourth-order valence-electron chi connectivity index (χ4n) is 3.98. The van der Waals surface area contributed by atoms with Crippen molar-refractivity contribution in [3.63, 3.8) is 0 Å². The van der Waals surface area contributed by atoms with Crippen LogP contribution >= 0.6 is 0 Å². The molecule has 2 heterocycles. The number of rotatable bonds is 4. The monoisotopic (exact) mass is 366 g/mol. The van der Waals surface area contributed by atoms with Gasteiger partial charge in [0.1, 0.15) is 18.1 Å². The number of carbonyl (C=O) groups excluding carboxylic acids is 1. The van der Waals surface area contributed by atoms with Crippen LogP contribution in [-0.4, -0.2) is 43.7 Å². The highest BCUT2D eigenvalue weighted by molar-refractivity contribution is 5.80. The number of anilines is 1. The van der Waals surface area contributed by atoms with Crippen molar-refractivity contribution in [3.8, 4) is 11.5 Å². The number of ether oxygens (including phenoxy) is 2. The summed E-state index contributed by atoms with van der Waals surface area (Å²) in [4.78, 5) is 15.1. The quantitative estimate of drug-likeness (QED) is 0.902. The minimum atomic E-state index is -0.125. The Balaban J connectivity index is 1.40. The lowest BCUT2D eigenvalue weighted by molar-refractivity contribution is -0.138. The highest BCUT2D eigenvalue weighted by atomic mass is 16.5. The van der Waals surface area contributed by atoms with E-state index >= 15 is 0 Å². The van der Waals surface area contributed by atoms with Gasteiger partial charge in [0.25, 0.3) is 0 Å². The molecule has 0 bridgehead atoms. The number of nitrogens with zero attached hydrogens (tertiary/aromatic N) is 1. The molecule has 0 aromatic heterocycles. The number of hydrogen-bond donors (Lipinski definition) is 1. The molecule has 27 heavy (non-hydrogen) atoms. The lowest BCUT2D eigenvalue weighted by Crippen LogP contribution is -2.49. The first-order chi connectivity index (χ1) is 13.2. The molecule has 1 fully saturated rings. The summed E-state index contributed by atoms with van der Waals surface area (Å²) in [6, 6.07) is 16.3. The Bertz CT molecular complexity index is 793. The molecule has 4 rings (SSSR count). The summed E-state index contributed by atoms with van der Waals surface area (Å²) >= 11 is 0. The number of benzene rings is 2. The van der Waals surface area contributed by atoms with Crippen molar-refractivity contribution in [1.29, 1.82) is 0 Å². The molecule has 2 aliphatic rings. The third-order valence-electron chi connectivity index (χ3n) is 5.40. The van der Waals surface area contributed by atoms with Crippen molar-refractivity contribution in [2.75, 3.05) is 32.1 Å². The maximum atomic E-state index is 13.1. The van der Waals surface area contributed by atoms with Gasteiger partial charge in [-0.1, -0.05) is 18.2 Å². The van der Waals surface area contributed by atoms with Gasteiger partial charge in [-0.15, -0.1) is 0 Å². The second-order valence-electron chi connectivity index (χ2n) is 7.32. The second-order valence-corrected chi connectivity index (χ2v) is 7.32. The molecule has 2 aromatic carbocycles. The van der Waals surface area contributed by atoms with Gasteiger partial charge in [-0.2, -0.15) is 0 Å². The molecule has 2 atom stereocenters. The molecule has 0 saturated carbocycles. The van der Waals surface area contributed by atoms with Crippen LogP contribution in [0, 0.1) is 5.92 Å². The molecular weight excluding hydrogens is 340 g/mol. The summed E-state index contributed by atoms with van der Waals surface area (Å²) in [5.74, 6) is 1.74. The molecule has 2 unspecified atom stereocenters. The van der Waals surface area contributed by atoms with Crippen LogP contribution in [0.3, 0.4) is 0 Å². The van der Waals surface area contributed by atoms with Gasteiger partial charge in [0.05, 0.1) is 13.0 Å². The lowest BCUT2D eigenvalue weighted by Gasteiger charge is -2.36. The van der Waals surface area contributed by atoms with Gasteiger partial charge in [-0.05, 0) is 55.2 Å². The van der Waals surface area contributed by atoms with Gasteiger partial charge in [0.2, 0.25) is 5.91 Å². The van der Waals surface area contributed by atoms with Crippen LogP contribution in [0.4, 0.5) is 5.69 Å². The van der Waals surface area contributed by atoms with E-state index < -0.39 is 0 Å². The van der Waals surface area contributed by atoms with Crippen molar-refractivity contribution in [2.24, 2.45) is 5.92 Å². The minimum Gasteiger partial charge on any atom is -0.497 e. The molecule has 142 valence electrons. The van der Waals surface area contributed by atoms with Crippen LogP contribution in [0.25, 0.3) is 0 Å². The standard InChI is InChI=1S/C22H26N2O3/c1-26-20-9-10-21-16(13-20)12-17(15-27-21)22(25)24-11-5-8-19(14-24)23-18-6-3-2-4-7-18/h2-4,6-7,9-10,13,17,19,23H,5,8,11-12,14-15H2,1H3. The summed E-state index contributed by atoms with van der Waals surface area (Å²) in [6.07, 6.45) is 2.81. The van der Waals surface area contributed by atoms with Crippen LogP contribution in [0.15, 0.2) is 48.5 Å². The molecule has 0 spiro atoms. The van der Waals surface area contributed by atoms with Crippen molar-refractivity contribution >= 4 is 11.6 Å².